The van der Waals surface area contributed by atoms with Gasteiger partial charge in [0.15, 0.2) is 0 Å². The highest BCUT2D eigenvalue weighted by molar-refractivity contribution is 5.78. The summed E-state index contributed by atoms with van der Waals surface area (Å²) < 4.78 is 0. The minimum Gasteiger partial charge on any atom is -0.340 e. The molecule has 0 spiro atoms. The molecule has 6 heteroatoms. The largest absolute Gasteiger partial charge is 0.340 e. The minimum atomic E-state index is -0.0143. The first-order chi connectivity index (χ1) is 9.17. The molecule has 1 saturated heterocycles. The van der Waals surface area contributed by atoms with E-state index < -0.39 is 0 Å². The number of hydrogen-bond donors (Lipinski definition) is 1. The SMILES string of the molecule is N#CCCN(CCC#N)C(=O)CN1CCCC(N)C1. The number of piperidine rings is 1. The lowest BCUT2D eigenvalue weighted by Crippen LogP contribution is -2.48. The van der Waals surface area contributed by atoms with E-state index in [0.29, 0.717) is 32.5 Å². The van der Waals surface area contributed by atoms with Gasteiger partial charge in [0.05, 0.1) is 31.5 Å². The predicted molar refractivity (Wildman–Crippen MR) is 70.7 cm³/mol. The van der Waals surface area contributed by atoms with E-state index in [-0.39, 0.29) is 11.9 Å². The zero-order valence-electron chi connectivity index (χ0n) is 11.2. The highest BCUT2D eigenvalue weighted by Gasteiger charge is 2.21. The van der Waals surface area contributed by atoms with Crippen LogP contribution in [-0.2, 0) is 4.79 Å². The van der Waals surface area contributed by atoms with Gasteiger partial charge < -0.3 is 10.6 Å². The number of likely N-dealkylation sites (tertiary alicyclic amines) is 1. The summed E-state index contributed by atoms with van der Waals surface area (Å²) in [5, 5.41) is 17.2. The van der Waals surface area contributed by atoms with Gasteiger partial charge in [-0.15, -0.1) is 0 Å². The molecule has 1 unspecified atom stereocenters. The Kier molecular flexibility index (Phi) is 6.88. The second kappa shape index (κ2) is 8.47. The Balaban J connectivity index is 2.46. The highest BCUT2D eigenvalue weighted by atomic mass is 16.2. The Labute approximate surface area is 114 Å². The number of carbonyl (C=O) groups is 1. The number of hydrogen-bond acceptors (Lipinski definition) is 5. The Morgan fingerprint density at radius 2 is 1.95 bits per heavy atom. The van der Waals surface area contributed by atoms with Gasteiger partial charge in [-0.05, 0) is 19.4 Å². The first-order valence-corrected chi connectivity index (χ1v) is 6.67. The normalized spacial score (nSPS) is 19.4. The smallest absolute Gasteiger partial charge is 0.236 e. The monoisotopic (exact) mass is 263 g/mol. The minimum absolute atomic E-state index is 0.0143. The van der Waals surface area contributed by atoms with Crippen molar-refractivity contribution < 1.29 is 4.79 Å². The van der Waals surface area contributed by atoms with Crippen molar-refractivity contribution in [3.63, 3.8) is 0 Å². The molecule has 6 nitrogen and oxygen atoms in total. The zero-order valence-corrected chi connectivity index (χ0v) is 11.2. The van der Waals surface area contributed by atoms with Crippen molar-refractivity contribution in [1.29, 1.82) is 10.5 Å². The van der Waals surface area contributed by atoms with E-state index in [2.05, 4.69) is 4.90 Å². The third kappa shape index (κ3) is 5.69. The molecule has 1 aliphatic heterocycles. The van der Waals surface area contributed by atoms with Crippen LogP contribution in [0.25, 0.3) is 0 Å². The van der Waals surface area contributed by atoms with E-state index in [4.69, 9.17) is 16.3 Å². The molecule has 19 heavy (non-hydrogen) atoms. The van der Waals surface area contributed by atoms with Crippen LogP contribution < -0.4 is 5.73 Å². The highest BCUT2D eigenvalue weighted by Crippen LogP contribution is 2.08. The summed E-state index contributed by atoms with van der Waals surface area (Å²) in [6.45, 7) is 2.78. The van der Waals surface area contributed by atoms with Gasteiger partial charge in [0.2, 0.25) is 5.91 Å². The number of nitriles is 2. The lowest BCUT2D eigenvalue weighted by Gasteiger charge is -2.32. The molecule has 0 saturated carbocycles. The van der Waals surface area contributed by atoms with Crippen LogP contribution in [0.15, 0.2) is 0 Å². The van der Waals surface area contributed by atoms with E-state index in [1.807, 2.05) is 12.1 Å². The maximum Gasteiger partial charge on any atom is 0.236 e. The van der Waals surface area contributed by atoms with Gasteiger partial charge in [-0.1, -0.05) is 0 Å². The topological polar surface area (TPSA) is 97.1 Å². The first kappa shape index (κ1) is 15.4. The molecule has 1 fully saturated rings. The van der Waals surface area contributed by atoms with Crippen LogP contribution in [0.2, 0.25) is 0 Å². The zero-order chi connectivity index (χ0) is 14.1. The van der Waals surface area contributed by atoms with Crippen LogP contribution in [0.1, 0.15) is 25.7 Å². The molecule has 1 heterocycles. The lowest BCUT2D eigenvalue weighted by molar-refractivity contribution is -0.132. The van der Waals surface area contributed by atoms with Crippen molar-refractivity contribution in [2.45, 2.75) is 31.7 Å². The molecular formula is C13H21N5O. The maximum atomic E-state index is 12.2. The third-order valence-electron chi connectivity index (χ3n) is 3.24. The fourth-order valence-electron chi connectivity index (χ4n) is 2.26. The van der Waals surface area contributed by atoms with Gasteiger partial charge in [0, 0.05) is 25.7 Å². The van der Waals surface area contributed by atoms with E-state index >= 15 is 0 Å². The van der Waals surface area contributed by atoms with E-state index in [9.17, 15) is 4.79 Å². The summed E-state index contributed by atoms with van der Waals surface area (Å²) in [7, 11) is 0. The van der Waals surface area contributed by atoms with Gasteiger partial charge in [0.1, 0.15) is 0 Å². The fraction of sp³-hybridized carbons (Fsp3) is 0.769. The Morgan fingerprint density at radius 1 is 1.32 bits per heavy atom. The molecule has 0 aromatic carbocycles. The summed E-state index contributed by atoms with van der Waals surface area (Å²) >= 11 is 0. The maximum absolute atomic E-state index is 12.2. The van der Waals surface area contributed by atoms with Crippen LogP contribution in [0, 0.1) is 22.7 Å². The van der Waals surface area contributed by atoms with Crippen LogP contribution in [0.3, 0.4) is 0 Å². The first-order valence-electron chi connectivity index (χ1n) is 6.67. The van der Waals surface area contributed by atoms with Crippen LogP contribution in [0.4, 0.5) is 0 Å². The van der Waals surface area contributed by atoms with Crippen molar-refractivity contribution in [3.05, 3.63) is 0 Å². The molecule has 2 N–H and O–H groups in total. The molecule has 1 rings (SSSR count). The van der Waals surface area contributed by atoms with Crippen LogP contribution in [-0.4, -0.2) is 54.5 Å². The average Bonchev–Trinajstić information content (AvgIpc) is 2.38. The second-order valence-electron chi connectivity index (χ2n) is 4.83. The summed E-state index contributed by atoms with van der Waals surface area (Å²) in [6.07, 6.45) is 2.63. The third-order valence-corrected chi connectivity index (χ3v) is 3.24. The van der Waals surface area contributed by atoms with Crippen molar-refractivity contribution in [3.8, 4) is 12.1 Å². The van der Waals surface area contributed by atoms with Gasteiger partial charge in [-0.2, -0.15) is 10.5 Å². The molecule has 0 bridgehead atoms. The average molecular weight is 263 g/mol. The second-order valence-corrected chi connectivity index (χ2v) is 4.83. The van der Waals surface area contributed by atoms with Crippen molar-refractivity contribution in [2.75, 3.05) is 32.7 Å². The van der Waals surface area contributed by atoms with Gasteiger partial charge in [-0.3, -0.25) is 9.69 Å². The molecule has 1 atom stereocenters. The van der Waals surface area contributed by atoms with Crippen LogP contribution in [0.5, 0.6) is 0 Å². The summed E-state index contributed by atoms with van der Waals surface area (Å²) in [5.74, 6) is -0.0143. The van der Waals surface area contributed by atoms with Gasteiger partial charge in [-0.25, -0.2) is 0 Å². The van der Waals surface area contributed by atoms with Gasteiger partial charge in [0.25, 0.3) is 0 Å². The number of rotatable bonds is 6. The van der Waals surface area contributed by atoms with E-state index in [1.165, 1.54) is 0 Å². The summed E-state index contributed by atoms with van der Waals surface area (Å²) in [4.78, 5) is 15.8. The molecule has 1 aliphatic rings. The summed E-state index contributed by atoms with van der Waals surface area (Å²) in [6, 6.07) is 4.21. The molecule has 0 aromatic heterocycles. The predicted octanol–water partition coefficient (Wildman–Crippen LogP) is 0.0655. The molecule has 104 valence electrons. The molecule has 0 radical (unpaired) electrons. The molecule has 1 amide bonds. The van der Waals surface area contributed by atoms with E-state index in [0.717, 1.165) is 25.9 Å². The van der Waals surface area contributed by atoms with Crippen molar-refractivity contribution in [1.82, 2.24) is 9.80 Å². The molecule has 0 aliphatic carbocycles. The van der Waals surface area contributed by atoms with E-state index in [1.54, 1.807) is 4.90 Å². The lowest BCUT2D eigenvalue weighted by atomic mass is 10.1. The molecular weight excluding hydrogens is 242 g/mol. The summed E-state index contributed by atoms with van der Waals surface area (Å²) in [5.41, 5.74) is 5.88. The van der Waals surface area contributed by atoms with Crippen molar-refractivity contribution in [2.24, 2.45) is 5.73 Å². The number of amides is 1. The van der Waals surface area contributed by atoms with Crippen LogP contribution >= 0.6 is 0 Å². The van der Waals surface area contributed by atoms with Crippen molar-refractivity contribution >= 4 is 5.91 Å². The number of nitrogens with two attached hydrogens (primary N) is 1. The number of nitrogens with zero attached hydrogens (tertiary/aromatic N) is 4. The quantitative estimate of drug-likeness (QED) is 0.731. The Hall–Kier alpha value is -1.63. The van der Waals surface area contributed by atoms with Gasteiger partial charge >= 0.3 is 0 Å². The number of carbonyl (C=O) groups excluding carboxylic acids is 1. The fourth-order valence-corrected chi connectivity index (χ4v) is 2.26. The standard InChI is InChI=1S/C13H21N5O/c14-5-2-8-18(9-3-6-15)13(19)11-17-7-1-4-12(16)10-17/h12H,1-4,7-11,16H2. The Bertz CT molecular complexity index is 352. The molecule has 0 aromatic rings. The Morgan fingerprint density at radius 3 is 2.47 bits per heavy atom.